The van der Waals surface area contributed by atoms with Gasteiger partial charge in [0.2, 0.25) is 0 Å². The van der Waals surface area contributed by atoms with E-state index >= 15 is 0 Å². The standard InChI is InChI=1S/C13H26N2O4/c1-3-13(4-2,7-9-16)10-15-12(19)14-8-5-6-11(17)18/h16H,3-10H2,1-2H3,(H,17,18)(H2,14,15,19). The van der Waals surface area contributed by atoms with Crippen molar-refractivity contribution in [3.63, 3.8) is 0 Å². The van der Waals surface area contributed by atoms with E-state index < -0.39 is 5.97 Å². The average molecular weight is 274 g/mol. The number of hydrogen-bond acceptors (Lipinski definition) is 3. The minimum atomic E-state index is -0.860. The molecule has 0 unspecified atom stereocenters. The molecule has 6 heteroatoms. The zero-order chi connectivity index (χ0) is 14.7. The normalized spacial score (nSPS) is 11.1. The van der Waals surface area contributed by atoms with Crippen LogP contribution in [-0.4, -0.2) is 41.9 Å². The first-order valence-electron chi connectivity index (χ1n) is 6.84. The van der Waals surface area contributed by atoms with Crippen LogP contribution in [0.25, 0.3) is 0 Å². The molecule has 4 N–H and O–H groups in total. The first kappa shape index (κ1) is 17.7. The van der Waals surface area contributed by atoms with Gasteiger partial charge in [0.15, 0.2) is 0 Å². The van der Waals surface area contributed by atoms with E-state index in [-0.39, 0.29) is 24.5 Å². The van der Waals surface area contributed by atoms with E-state index in [1.807, 2.05) is 13.8 Å². The van der Waals surface area contributed by atoms with Crippen LogP contribution in [0.3, 0.4) is 0 Å². The van der Waals surface area contributed by atoms with Gasteiger partial charge >= 0.3 is 12.0 Å². The summed E-state index contributed by atoms with van der Waals surface area (Å²) in [7, 11) is 0. The van der Waals surface area contributed by atoms with Crippen molar-refractivity contribution in [1.29, 1.82) is 0 Å². The van der Waals surface area contributed by atoms with Crippen LogP contribution in [0.15, 0.2) is 0 Å². The maximum atomic E-state index is 11.5. The molecular weight excluding hydrogens is 248 g/mol. The predicted octanol–water partition coefficient (Wildman–Crippen LogP) is 1.34. The highest BCUT2D eigenvalue weighted by Gasteiger charge is 2.25. The monoisotopic (exact) mass is 274 g/mol. The van der Waals surface area contributed by atoms with Gasteiger partial charge in [-0.3, -0.25) is 4.79 Å². The third kappa shape index (κ3) is 7.66. The van der Waals surface area contributed by atoms with Gasteiger partial charge in [0.05, 0.1) is 0 Å². The van der Waals surface area contributed by atoms with Gasteiger partial charge in [0.1, 0.15) is 0 Å². The molecule has 112 valence electrons. The fourth-order valence-corrected chi connectivity index (χ4v) is 1.95. The van der Waals surface area contributed by atoms with Crippen molar-refractivity contribution >= 4 is 12.0 Å². The smallest absolute Gasteiger partial charge is 0.314 e. The fourth-order valence-electron chi connectivity index (χ4n) is 1.95. The molecule has 0 radical (unpaired) electrons. The molecule has 0 aromatic rings. The van der Waals surface area contributed by atoms with Gasteiger partial charge in [-0.05, 0) is 31.1 Å². The Labute approximate surface area is 114 Å². The molecule has 0 saturated carbocycles. The number of urea groups is 1. The van der Waals surface area contributed by atoms with E-state index in [2.05, 4.69) is 10.6 Å². The molecule has 19 heavy (non-hydrogen) atoms. The third-order valence-electron chi connectivity index (χ3n) is 3.62. The minimum Gasteiger partial charge on any atom is -0.481 e. The fraction of sp³-hybridized carbons (Fsp3) is 0.846. The summed E-state index contributed by atoms with van der Waals surface area (Å²) in [5.74, 6) is -0.860. The second-order valence-corrected chi connectivity index (χ2v) is 4.79. The summed E-state index contributed by atoms with van der Waals surface area (Å²) in [5, 5.41) is 22.9. The maximum absolute atomic E-state index is 11.5. The van der Waals surface area contributed by atoms with Crippen molar-refractivity contribution in [2.45, 2.75) is 46.0 Å². The second-order valence-electron chi connectivity index (χ2n) is 4.79. The summed E-state index contributed by atoms with van der Waals surface area (Å²) in [6, 6.07) is -0.283. The van der Waals surface area contributed by atoms with E-state index in [1.165, 1.54) is 0 Å². The molecule has 0 aromatic carbocycles. The lowest BCUT2D eigenvalue weighted by Gasteiger charge is -2.31. The Balaban J connectivity index is 3.95. The molecule has 2 amide bonds. The summed E-state index contributed by atoms with van der Waals surface area (Å²) in [4.78, 5) is 21.8. The lowest BCUT2D eigenvalue weighted by Crippen LogP contribution is -2.43. The van der Waals surface area contributed by atoms with Gasteiger partial charge in [0, 0.05) is 26.1 Å². The Morgan fingerprint density at radius 3 is 2.26 bits per heavy atom. The molecule has 0 fully saturated rings. The molecule has 0 atom stereocenters. The minimum absolute atomic E-state index is 0.0542. The number of carbonyl (C=O) groups excluding carboxylic acids is 1. The Hall–Kier alpha value is -1.30. The van der Waals surface area contributed by atoms with Gasteiger partial charge in [-0.15, -0.1) is 0 Å². The van der Waals surface area contributed by atoms with Crippen LogP contribution in [0.4, 0.5) is 4.79 Å². The Kier molecular flexibility index (Phi) is 8.95. The molecular formula is C13H26N2O4. The lowest BCUT2D eigenvalue weighted by molar-refractivity contribution is -0.137. The van der Waals surface area contributed by atoms with Crippen molar-refractivity contribution in [2.24, 2.45) is 5.41 Å². The molecule has 0 saturated heterocycles. The maximum Gasteiger partial charge on any atom is 0.314 e. The first-order chi connectivity index (χ1) is 8.99. The highest BCUT2D eigenvalue weighted by atomic mass is 16.4. The third-order valence-corrected chi connectivity index (χ3v) is 3.62. The van der Waals surface area contributed by atoms with Crippen LogP contribution < -0.4 is 10.6 Å². The van der Waals surface area contributed by atoms with Crippen molar-refractivity contribution < 1.29 is 19.8 Å². The van der Waals surface area contributed by atoms with Gasteiger partial charge in [-0.1, -0.05) is 13.8 Å². The number of amides is 2. The van der Waals surface area contributed by atoms with Crippen molar-refractivity contribution in [3.05, 3.63) is 0 Å². The molecule has 6 nitrogen and oxygen atoms in total. The number of aliphatic hydroxyl groups is 1. The molecule has 0 aliphatic heterocycles. The summed E-state index contributed by atoms with van der Waals surface area (Å²) in [5.41, 5.74) is -0.0623. The highest BCUT2D eigenvalue weighted by molar-refractivity contribution is 5.74. The van der Waals surface area contributed by atoms with E-state index in [4.69, 9.17) is 10.2 Å². The lowest BCUT2D eigenvalue weighted by atomic mass is 9.79. The Morgan fingerprint density at radius 2 is 1.79 bits per heavy atom. The van der Waals surface area contributed by atoms with E-state index in [0.29, 0.717) is 25.9 Å². The topological polar surface area (TPSA) is 98.7 Å². The Morgan fingerprint density at radius 1 is 1.16 bits per heavy atom. The Bertz CT molecular complexity index is 278. The number of hydrogen-bond donors (Lipinski definition) is 4. The second kappa shape index (κ2) is 9.61. The van der Waals surface area contributed by atoms with Crippen molar-refractivity contribution in [2.75, 3.05) is 19.7 Å². The molecule has 0 heterocycles. The molecule has 0 aromatic heterocycles. The number of carbonyl (C=O) groups is 2. The van der Waals surface area contributed by atoms with Gasteiger partial charge in [-0.2, -0.15) is 0 Å². The van der Waals surface area contributed by atoms with Crippen LogP contribution in [0.2, 0.25) is 0 Å². The largest absolute Gasteiger partial charge is 0.481 e. The summed E-state index contributed by atoms with van der Waals surface area (Å²) < 4.78 is 0. The number of carboxylic acid groups (broad SMARTS) is 1. The quantitative estimate of drug-likeness (QED) is 0.452. The first-order valence-corrected chi connectivity index (χ1v) is 6.84. The zero-order valence-corrected chi connectivity index (χ0v) is 11.9. The van der Waals surface area contributed by atoms with E-state index in [0.717, 1.165) is 12.8 Å². The SMILES string of the molecule is CCC(CC)(CCO)CNC(=O)NCCCC(=O)O. The van der Waals surface area contributed by atoms with Crippen LogP contribution in [0.1, 0.15) is 46.0 Å². The summed E-state index contributed by atoms with van der Waals surface area (Å²) in [6.45, 7) is 5.08. The highest BCUT2D eigenvalue weighted by Crippen LogP contribution is 2.29. The van der Waals surface area contributed by atoms with Crippen LogP contribution in [0, 0.1) is 5.41 Å². The van der Waals surface area contributed by atoms with Crippen LogP contribution in [0.5, 0.6) is 0 Å². The van der Waals surface area contributed by atoms with Gasteiger partial charge < -0.3 is 20.8 Å². The van der Waals surface area contributed by atoms with Gasteiger partial charge in [0.25, 0.3) is 0 Å². The zero-order valence-electron chi connectivity index (χ0n) is 11.9. The summed E-state index contributed by atoms with van der Waals surface area (Å²) >= 11 is 0. The molecule has 0 bridgehead atoms. The van der Waals surface area contributed by atoms with Crippen LogP contribution >= 0.6 is 0 Å². The molecule has 0 aliphatic rings. The van der Waals surface area contributed by atoms with Crippen molar-refractivity contribution in [1.82, 2.24) is 10.6 Å². The summed E-state index contributed by atoms with van der Waals surface area (Å²) in [6.07, 6.45) is 2.93. The average Bonchev–Trinajstić information content (AvgIpc) is 2.39. The molecule has 0 spiro atoms. The van der Waals surface area contributed by atoms with E-state index in [1.54, 1.807) is 0 Å². The van der Waals surface area contributed by atoms with Crippen LogP contribution in [-0.2, 0) is 4.79 Å². The molecule has 0 rings (SSSR count). The number of nitrogens with one attached hydrogen (secondary N) is 2. The number of aliphatic carboxylic acids is 1. The van der Waals surface area contributed by atoms with Crippen molar-refractivity contribution in [3.8, 4) is 0 Å². The predicted molar refractivity (Wildman–Crippen MR) is 73.0 cm³/mol. The van der Waals surface area contributed by atoms with Gasteiger partial charge in [-0.25, -0.2) is 4.79 Å². The van der Waals surface area contributed by atoms with E-state index in [9.17, 15) is 9.59 Å². The number of carboxylic acids is 1. The molecule has 0 aliphatic carbocycles. The number of rotatable bonds is 10. The number of aliphatic hydroxyl groups excluding tert-OH is 1.